The third-order valence-electron chi connectivity index (χ3n) is 3.23. The van der Waals surface area contributed by atoms with Crippen molar-refractivity contribution in [2.45, 2.75) is 10.6 Å². The summed E-state index contributed by atoms with van der Waals surface area (Å²) in [7, 11) is 0. The zero-order valence-electron chi connectivity index (χ0n) is 11.1. The lowest BCUT2D eigenvalue weighted by Crippen LogP contribution is -1.89. The molecular formula is C16H12ClN3S. The fourth-order valence-corrected chi connectivity index (χ4v) is 3.32. The van der Waals surface area contributed by atoms with E-state index in [1.807, 2.05) is 47.1 Å². The van der Waals surface area contributed by atoms with Gasteiger partial charge in [0, 0.05) is 33.8 Å². The Morgan fingerprint density at radius 2 is 2.14 bits per heavy atom. The second-order valence-corrected chi connectivity index (χ2v) is 6.06. The number of nitrogens with zero attached hydrogens (tertiary/aromatic N) is 2. The first kappa shape index (κ1) is 13.9. The van der Waals surface area contributed by atoms with Crippen LogP contribution in [0.4, 0.5) is 5.69 Å². The molecule has 0 aliphatic rings. The highest BCUT2D eigenvalue weighted by Gasteiger charge is 2.11. The van der Waals surface area contributed by atoms with Gasteiger partial charge in [0.25, 0.3) is 0 Å². The monoisotopic (exact) mass is 313 g/mol. The molecule has 0 bridgehead atoms. The number of benzene rings is 1. The Kier molecular flexibility index (Phi) is 3.78. The lowest BCUT2D eigenvalue weighted by atomic mass is 10.2. The van der Waals surface area contributed by atoms with E-state index in [-0.39, 0.29) is 0 Å². The van der Waals surface area contributed by atoms with Crippen molar-refractivity contribution in [3.8, 4) is 6.07 Å². The standard InChI is InChI=1S/C16H12ClN3S/c17-12-4-5-16(14(19)7-12)21-10-11-9-20-6-2-1-3-15(20)13(11)8-18/h1-7,9H,10,19H2. The molecule has 0 saturated carbocycles. The largest absolute Gasteiger partial charge is 0.398 e. The summed E-state index contributed by atoms with van der Waals surface area (Å²) in [5, 5.41) is 10.0. The second-order valence-electron chi connectivity index (χ2n) is 4.61. The molecule has 0 radical (unpaired) electrons. The number of rotatable bonds is 3. The minimum Gasteiger partial charge on any atom is -0.398 e. The van der Waals surface area contributed by atoms with Crippen molar-refractivity contribution in [1.29, 1.82) is 5.26 Å². The average Bonchev–Trinajstić information content (AvgIpc) is 2.83. The Labute approximate surface area is 131 Å². The van der Waals surface area contributed by atoms with E-state index >= 15 is 0 Å². The third-order valence-corrected chi connectivity index (χ3v) is 4.60. The minimum atomic E-state index is 0.629. The second kappa shape index (κ2) is 5.72. The molecule has 104 valence electrons. The van der Waals surface area contributed by atoms with Crippen LogP contribution >= 0.6 is 23.4 Å². The van der Waals surface area contributed by atoms with Gasteiger partial charge in [-0.1, -0.05) is 17.7 Å². The molecular weight excluding hydrogens is 302 g/mol. The summed E-state index contributed by atoms with van der Waals surface area (Å²) in [6.45, 7) is 0. The van der Waals surface area contributed by atoms with Gasteiger partial charge in [0.2, 0.25) is 0 Å². The third kappa shape index (κ3) is 2.71. The predicted molar refractivity (Wildman–Crippen MR) is 87.5 cm³/mol. The smallest absolute Gasteiger partial charge is 0.102 e. The Morgan fingerprint density at radius 3 is 2.90 bits per heavy atom. The summed E-state index contributed by atoms with van der Waals surface area (Å²) in [5.41, 5.74) is 9.27. The maximum atomic E-state index is 9.38. The fraction of sp³-hybridized carbons (Fsp3) is 0.0625. The molecule has 2 heterocycles. The zero-order valence-corrected chi connectivity index (χ0v) is 12.7. The van der Waals surface area contributed by atoms with Crippen LogP contribution in [-0.4, -0.2) is 4.40 Å². The molecule has 0 spiro atoms. The van der Waals surface area contributed by atoms with Crippen LogP contribution in [-0.2, 0) is 5.75 Å². The number of hydrogen-bond acceptors (Lipinski definition) is 3. The molecule has 21 heavy (non-hydrogen) atoms. The number of pyridine rings is 1. The molecule has 3 rings (SSSR count). The van der Waals surface area contributed by atoms with Crippen molar-refractivity contribution in [1.82, 2.24) is 4.40 Å². The molecule has 2 N–H and O–H groups in total. The molecule has 0 atom stereocenters. The quantitative estimate of drug-likeness (QED) is 0.578. The molecule has 3 aromatic rings. The Morgan fingerprint density at radius 1 is 1.29 bits per heavy atom. The number of fused-ring (bicyclic) bond motifs is 1. The molecule has 1 aromatic carbocycles. The van der Waals surface area contributed by atoms with E-state index in [0.717, 1.165) is 21.5 Å². The van der Waals surface area contributed by atoms with Crippen molar-refractivity contribution in [3.63, 3.8) is 0 Å². The first-order valence-corrected chi connectivity index (χ1v) is 7.72. The summed E-state index contributed by atoms with van der Waals surface area (Å²) < 4.78 is 1.97. The summed E-state index contributed by atoms with van der Waals surface area (Å²) in [6.07, 6.45) is 3.94. The molecule has 0 unspecified atom stereocenters. The summed E-state index contributed by atoms with van der Waals surface area (Å²) in [4.78, 5) is 0.971. The number of nitrogens with two attached hydrogens (primary N) is 1. The van der Waals surface area contributed by atoms with Crippen LogP contribution in [0.5, 0.6) is 0 Å². The van der Waals surface area contributed by atoms with Crippen LogP contribution in [0, 0.1) is 11.3 Å². The Bertz CT molecular complexity index is 848. The molecule has 0 amide bonds. The predicted octanol–water partition coefficient (Wildman–Crippen LogP) is 4.34. The van der Waals surface area contributed by atoms with E-state index in [1.54, 1.807) is 17.8 Å². The molecule has 5 heteroatoms. The highest BCUT2D eigenvalue weighted by atomic mass is 35.5. The van der Waals surface area contributed by atoms with Crippen LogP contribution in [0.2, 0.25) is 5.02 Å². The van der Waals surface area contributed by atoms with Gasteiger partial charge in [-0.15, -0.1) is 11.8 Å². The number of hydrogen-bond donors (Lipinski definition) is 1. The van der Waals surface area contributed by atoms with Gasteiger partial charge in [-0.05, 0) is 35.9 Å². The van der Waals surface area contributed by atoms with E-state index in [1.165, 1.54) is 0 Å². The Balaban J connectivity index is 1.90. The zero-order chi connectivity index (χ0) is 14.8. The topological polar surface area (TPSA) is 54.2 Å². The summed E-state index contributed by atoms with van der Waals surface area (Å²) >= 11 is 7.51. The molecule has 3 nitrogen and oxygen atoms in total. The van der Waals surface area contributed by atoms with E-state index in [9.17, 15) is 5.26 Å². The fourth-order valence-electron chi connectivity index (χ4n) is 2.22. The lowest BCUT2D eigenvalue weighted by Gasteiger charge is -2.05. The highest BCUT2D eigenvalue weighted by molar-refractivity contribution is 7.98. The van der Waals surface area contributed by atoms with Crippen LogP contribution < -0.4 is 5.73 Å². The maximum Gasteiger partial charge on any atom is 0.102 e. The SMILES string of the molecule is N#Cc1c(CSc2ccc(Cl)cc2N)cn2ccccc12. The number of nitrogen functional groups attached to an aromatic ring is 1. The molecule has 2 aromatic heterocycles. The van der Waals surface area contributed by atoms with Gasteiger partial charge >= 0.3 is 0 Å². The van der Waals surface area contributed by atoms with Gasteiger partial charge in [-0.2, -0.15) is 5.26 Å². The maximum absolute atomic E-state index is 9.38. The number of aromatic nitrogens is 1. The first-order valence-electron chi connectivity index (χ1n) is 6.35. The van der Waals surface area contributed by atoms with Gasteiger partial charge in [-0.25, -0.2) is 0 Å². The van der Waals surface area contributed by atoms with Gasteiger partial charge in [0.15, 0.2) is 0 Å². The van der Waals surface area contributed by atoms with Crippen molar-refractivity contribution in [3.05, 3.63) is 64.9 Å². The van der Waals surface area contributed by atoms with E-state index < -0.39 is 0 Å². The van der Waals surface area contributed by atoms with Gasteiger partial charge in [-0.3, -0.25) is 0 Å². The van der Waals surface area contributed by atoms with Crippen molar-refractivity contribution < 1.29 is 0 Å². The molecule has 0 saturated heterocycles. The van der Waals surface area contributed by atoms with Crippen molar-refractivity contribution in [2.24, 2.45) is 0 Å². The van der Waals surface area contributed by atoms with E-state index in [0.29, 0.717) is 16.5 Å². The number of thioether (sulfide) groups is 1. The molecule has 0 fully saturated rings. The van der Waals surface area contributed by atoms with Gasteiger partial charge in [0.1, 0.15) is 6.07 Å². The normalized spacial score (nSPS) is 10.7. The lowest BCUT2D eigenvalue weighted by molar-refractivity contribution is 1.18. The van der Waals surface area contributed by atoms with Gasteiger partial charge < -0.3 is 10.1 Å². The molecule has 0 aliphatic heterocycles. The minimum absolute atomic E-state index is 0.629. The van der Waals surface area contributed by atoms with Gasteiger partial charge in [0.05, 0.1) is 11.1 Å². The average molecular weight is 314 g/mol. The van der Waals surface area contributed by atoms with E-state index in [4.69, 9.17) is 17.3 Å². The van der Waals surface area contributed by atoms with Crippen LogP contribution in [0.1, 0.15) is 11.1 Å². The first-order chi connectivity index (χ1) is 10.2. The Hall–Kier alpha value is -2.09. The van der Waals surface area contributed by atoms with E-state index in [2.05, 4.69) is 6.07 Å². The summed E-state index contributed by atoms with van der Waals surface area (Å²) in [6, 6.07) is 13.6. The van der Waals surface area contributed by atoms with Crippen molar-refractivity contribution in [2.75, 3.05) is 5.73 Å². The summed E-state index contributed by atoms with van der Waals surface area (Å²) in [5.74, 6) is 0.691. The number of nitriles is 1. The highest BCUT2D eigenvalue weighted by Crippen LogP contribution is 2.32. The number of halogens is 1. The number of anilines is 1. The van der Waals surface area contributed by atoms with Crippen LogP contribution in [0.25, 0.3) is 5.52 Å². The van der Waals surface area contributed by atoms with Crippen molar-refractivity contribution >= 4 is 34.6 Å². The van der Waals surface area contributed by atoms with Crippen LogP contribution in [0.15, 0.2) is 53.7 Å². The molecule has 0 aliphatic carbocycles. The van der Waals surface area contributed by atoms with Crippen LogP contribution in [0.3, 0.4) is 0 Å².